The van der Waals surface area contributed by atoms with Crippen molar-refractivity contribution in [2.75, 3.05) is 6.54 Å². The van der Waals surface area contributed by atoms with E-state index in [4.69, 9.17) is 0 Å². The van der Waals surface area contributed by atoms with Gasteiger partial charge < -0.3 is 4.90 Å². The first-order valence-corrected chi connectivity index (χ1v) is 8.65. The Morgan fingerprint density at radius 2 is 2.12 bits per heavy atom. The third-order valence-corrected chi connectivity index (χ3v) is 4.71. The van der Waals surface area contributed by atoms with Gasteiger partial charge in [-0.25, -0.2) is 0 Å². The van der Waals surface area contributed by atoms with Crippen LogP contribution in [0.15, 0.2) is 42.7 Å². The highest BCUT2D eigenvalue weighted by Crippen LogP contribution is 2.22. The van der Waals surface area contributed by atoms with Crippen molar-refractivity contribution in [1.29, 1.82) is 0 Å². The first kappa shape index (κ1) is 15.6. The zero-order chi connectivity index (χ0) is 17.2. The number of carbonyl (C=O) groups excluding carboxylic acids is 1. The van der Waals surface area contributed by atoms with Crippen LogP contribution in [0.3, 0.4) is 0 Å². The zero-order valence-corrected chi connectivity index (χ0v) is 14.3. The first-order chi connectivity index (χ1) is 12.2. The fourth-order valence-corrected chi connectivity index (χ4v) is 3.33. The van der Waals surface area contributed by atoms with Crippen molar-refractivity contribution in [3.05, 3.63) is 70.8 Å². The molecule has 0 radical (unpaired) electrons. The fraction of sp³-hybridized carbons (Fsp3) is 0.316. The fourth-order valence-electron chi connectivity index (χ4n) is 3.33. The summed E-state index contributed by atoms with van der Waals surface area (Å²) in [4.78, 5) is 14.7. The molecule has 0 spiro atoms. The topological polar surface area (TPSA) is 66.8 Å². The van der Waals surface area contributed by atoms with E-state index in [0.29, 0.717) is 25.2 Å². The van der Waals surface area contributed by atoms with Crippen molar-refractivity contribution in [2.45, 2.75) is 32.9 Å². The number of aromatic nitrogens is 4. The van der Waals surface area contributed by atoms with Gasteiger partial charge in [0.2, 0.25) is 0 Å². The smallest absolute Gasteiger partial charge is 0.257 e. The Bertz CT molecular complexity index is 867. The Labute approximate surface area is 146 Å². The van der Waals surface area contributed by atoms with Crippen LogP contribution in [-0.2, 0) is 25.9 Å². The van der Waals surface area contributed by atoms with Gasteiger partial charge in [0.15, 0.2) is 0 Å². The molecular weight excluding hydrogens is 314 g/mol. The van der Waals surface area contributed by atoms with E-state index < -0.39 is 0 Å². The van der Waals surface area contributed by atoms with E-state index in [2.05, 4.69) is 34.4 Å². The Morgan fingerprint density at radius 1 is 1.28 bits per heavy atom. The highest BCUT2D eigenvalue weighted by atomic mass is 16.2. The maximum Gasteiger partial charge on any atom is 0.257 e. The molecule has 0 bridgehead atoms. The SMILES string of the molecule is CCc1n[nH]c2c1CN(C(=O)c1cnn(Cc3ccccc3)c1)CC2. The van der Waals surface area contributed by atoms with E-state index in [9.17, 15) is 4.79 Å². The molecule has 4 rings (SSSR count). The van der Waals surface area contributed by atoms with Crippen LogP contribution < -0.4 is 0 Å². The van der Waals surface area contributed by atoms with Gasteiger partial charge in [0.1, 0.15) is 0 Å². The minimum absolute atomic E-state index is 0.0354. The van der Waals surface area contributed by atoms with Gasteiger partial charge in [-0.1, -0.05) is 37.3 Å². The first-order valence-electron chi connectivity index (χ1n) is 8.65. The molecule has 0 aliphatic carbocycles. The van der Waals surface area contributed by atoms with Crippen molar-refractivity contribution in [1.82, 2.24) is 24.9 Å². The molecule has 2 aromatic heterocycles. The molecule has 0 fully saturated rings. The number of H-pyrrole nitrogens is 1. The summed E-state index contributed by atoms with van der Waals surface area (Å²) in [5, 5.41) is 11.8. The Hall–Kier alpha value is -2.89. The number of hydrogen-bond acceptors (Lipinski definition) is 3. The molecular formula is C19H21N5O. The van der Waals surface area contributed by atoms with Gasteiger partial charge >= 0.3 is 0 Å². The van der Waals surface area contributed by atoms with Gasteiger partial charge in [-0.05, 0) is 12.0 Å². The molecule has 0 atom stereocenters. The molecule has 1 N–H and O–H groups in total. The molecule has 1 aliphatic rings. The molecule has 3 aromatic rings. The second kappa shape index (κ2) is 6.55. The van der Waals surface area contributed by atoms with Crippen molar-refractivity contribution >= 4 is 5.91 Å². The van der Waals surface area contributed by atoms with Crippen molar-refractivity contribution < 1.29 is 4.79 Å². The number of rotatable bonds is 4. The minimum Gasteiger partial charge on any atom is -0.334 e. The third-order valence-electron chi connectivity index (χ3n) is 4.71. The summed E-state index contributed by atoms with van der Waals surface area (Å²) < 4.78 is 1.81. The quantitative estimate of drug-likeness (QED) is 0.796. The summed E-state index contributed by atoms with van der Waals surface area (Å²) >= 11 is 0. The number of fused-ring (bicyclic) bond motifs is 1. The van der Waals surface area contributed by atoms with Crippen LogP contribution in [0.4, 0.5) is 0 Å². The number of hydrogen-bond donors (Lipinski definition) is 1. The number of amides is 1. The summed E-state index contributed by atoms with van der Waals surface area (Å²) in [6.45, 7) is 4.09. The predicted molar refractivity (Wildman–Crippen MR) is 94.2 cm³/mol. The number of aryl methyl sites for hydroxylation is 1. The molecule has 6 heteroatoms. The summed E-state index contributed by atoms with van der Waals surface area (Å²) in [7, 11) is 0. The lowest BCUT2D eigenvalue weighted by atomic mass is 10.0. The van der Waals surface area contributed by atoms with Gasteiger partial charge in [-0.3, -0.25) is 14.6 Å². The van der Waals surface area contributed by atoms with Crippen molar-refractivity contribution in [3.63, 3.8) is 0 Å². The maximum atomic E-state index is 12.8. The molecule has 1 aromatic carbocycles. The number of nitrogens with one attached hydrogen (secondary N) is 1. The van der Waals surface area contributed by atoms with E-state index in [1.54, 1.807) is 6.20 Å². The van der Waals surface area contributed by atoms with Crippen LogP contribution in [0.25, 0.3) is 0 Å². The lowest BCUT2D eigenvalue weighted by Crippen LogP contribution is -2.36. The second-order valence-corrected chi connectivity index (χ2v) is 6.37. The van der Waals surface area contributed by atoms with E-state index in [1.807, 2.05) is 34.0 Å². The molecule has 3 heterocycles. The van der Waals surface area contributed by atoms with Gasteiger partial charge in [0.05, 0.1) is 24.0 Å². The van der Waals surface area contributed by atoms with E-state index in [1.165, 1.54) is 11.3 Å². The standard InChI is InChI=1S/C19H21N5O/c1-2-17-16-13-23(9-8-18(16)22-21-17)19(25)15-10-20-24(12-15)11-14-6-4-3-5-7-14/h3-7,10,12H,2,8-9,11,13H2,1H3,(H,21,22). The van der Waals surface area contributed by atoms with Gasteiger partial charge in [0.25, 0.3) is 5.91 Å². The Morgan fingerprint density at radius 3 is 2.92 bits per heavy atom. The zero-order valence-electron chi connectivity index (χ0n) is 14.3. The summed E-state index contributed by atoms with van der Waals surface area (Å²) in [5.41, 5.74) is 5.21. The second-order valence-electron chi connectivity index (χ2n) is 6.37. The monoisotopic (exact) mass is 335 g/mol. The molecule has 1 amide bonds. The summed E-state index contributed by atoms with van der Waals surface area (Å²) in [5.74, 6) is 0.0354. The average Bonchev–Trinajstić information content (AvgIpc) is 3.28. The number of aromatic amines is 1. The molecule has 0 saturated carbocycles. The largest absolute Gasteiger partial charge is 0.334 e. The summed E-state index contributed by atoms with van der Waals surface area (Å²) in [6.07, 6.45) is 5.20. The van der Waals surface area contributed by atoms with Gasteiger partial charge in [-0.2, -0.15) is 10.2 Å². The van der Waals surface area contributed by atoms with Gasteiger partial charge in [0, 0.05) is 37.0 Å². The molecule has 0 saturated heterocycles. The van der Waals surface area contributed by atoms with E-state index in [0.717, 1.165) is 24.1 Å². The molecule has 0 unspecified atom stereocenters. The van der Waals surface area contributed by atoms with Crippen LogP contribution in [0.2, 0.25) is 0 Å². The van der Waals surface area contributed by atoms with Crippen LogP contribution in [0.5, 0.6) is 0 Å². The average molecular weight is 335 g/mol. The summed E-state index contributed by atoms with van der Waals surface area (Å²) in [6, 6.07) is 10.1. The predicted octanol–water partition coefficient (Wildman–Crippen LogP) is 2.42. The highest BCUT2D eigenvalue weighted by Gasteiger charge is 2.26. The van der Waals surface area contributed by atoms with E-state index in [-0.39, 0.29) is 5.91 Å². The normalized spacial score (nSPS) is 13.7. The van der Waals surface area contributed by atoms with Crippen LogP contribution in [0.1, 0.15) is 39.8 Å². The van der Waals surface area contributed by atoms with Crippen molar-refractivity contribution in [2.24, 2.45) is 0 Å². The number of carbonyl (C=O) groups is 1. The third kappa shape index (κ3) is 3.07. The van der Waals surface area contributed by atoms with E-state index >= 15 is 0 Å². The van der Waals surface area contributed by atoms with Crippen molar-refractivity contribution in [3.8, 4) is 0 Å². The van der Waals surface area contributed by atoms with Crippen LogP contribution in [0, 0.1) is 0 Å². The molecule has 128 valence electrons. The molecule has 1 aliphatic heterocycles. The Balaban J connectivity index is 1.48. The Kier molecular flexibility index (Phi) is 4.09. The lowest BCUT2D eigenvalue weighted by molar-refractivity contribution is 0.0734. The van der Waals surface area contributed by atoms with Gasteiger partial charge in [-0.15, -0.1) is 0 Å². The molecule has 25 heavy (non-hydrogen) atoms. The number of benzene rings is 1. The van der Waals surface area contributed by atoms with Crippen LogP contribution in [-0.4, -0.2) is 37.3 Å². The number of nitrogens with zero attached hydrogens (tertiary/aromatic N) is 4. The van der Waals surface area contributed by atoms with Crippen LogP contribution >= 0.6 is 0 Å². The maximum absolute atomic E-state index is 12.8. The highest BCUT2D eigenvalue weighted by molar-refractivity contribution is 5.93. The molecule has 6 nitrogen and oxygen atoms in total. The minimum atomic E-state index is 0.0354. The lowest BCUT2D eigenvalue weighted by Gasteiger charge is -2.26.